The van der Waals surface area contributed by atoms with Crippen LogP contribution >= 0.6 is 0 Å². The molecule has 1 aromatic heterocycles. The van der Waals surface area contributed by atoms with E-state index in [2.05, 4.69) is 37.0 Å². The Labute approximate surface area is 159 Å². The summed E-state index contributed by atoms with van der Waals surface area (Å²) in [5.41, 5.74) is 2.05. The Morgan fingerprint density at radius 2 is 1.96 bits per heavy atom. The third-order valence-electron chi connectivity index (χ3n) is 4.71. The Morgan fingerprint density at radius 3 is 2.56 bits per heavy atom. The van der Waals surface area contributed by atoms with E-state index in [1.807, 2.05) is 17.0 Å². The number of carbonyl (C=O) groups excluding carboxylic acids is 1. The lowest BCUT2D eigenvalue weighted by Gasteiger charge is -2.18. The molecule has 1 amide bonds. The van der Waals surface area contributed by atoms with Crippen molar-refractivity contribution < 1.29 is 9.53 Å². The van der Waals surface area contributed by atoms with Crippen molar-refractivity contribution >= 4 is 5.91 Å². The second-order valence-corrected chi connectivity index (χ2v) is 7.91. The first-order valence-corrected chi connectivity index (χ1v) is 9.13. The minimum absolute atomic E-state index is 0.00342. The van der Waals surface area contributed by atoms with Crippen LogP contribution in [0.15, 0.2) is 36.4 Å². The third-order valence-corrected chi connectivity index (χ3v) is 4.71. The summed E-state index contributed by atoms with van der Waals surface area (Å²) in [7, 11) is 0. The summed E-state index contributed by atoms with van der Waals surface area (Å²) in [5, 5.41) is 17.2. The largest absolute Gasteiger partial charge is 0.476 e. The van der Waals surface area contributed by atoms with Crippen molar-refractivity contribution in [3.63, 3.8) is 0 Å². The van der Waals surface area contributed by atoms with Gasteiger partial charge in [0.25, 0.3) is 5.91 Å². The molecule has 1 unspecified atom stereocenters. The van der Waals surface area contributed by atoms with E-state index in [9.17, 15) is 4.79 Å². The number of rotatable bonds is 4. The lowest BCUT2D eigenvalue weighted by molar-refractivity contribution is 0.0783. The molecular weight excluding hydrogens is 340 g/mol. The molecule has 1 saturated heterocycles. The van der Waals surface area contributed by atoms with Gasteiger partial charge in [0.15, 0.2) is 0 Å². The number of amides is 1. The average molecular weight is 364 g/mol. The summed E-state index contributed by atoms with van der Waals surface area (Å²) in [4.78, 5) is 14.4. The number of hydrogen-bond acceptors (Lipinski definition) is 5. The zero-order valence-corrected chi connectivity index (χ0v) is 16.0. The van der Waals surface area contributed by atoms with Crippen molar-refractivity contribution in [3.8, 4) is 11.9 Å². The SMILES string of the molecule is CC(C)(C)c1ccc(OCC2CCN(C(=O)c3ccc(C#N)cc3)C2)nn1. The first-order valence-electron chi connectivity index (χ1n) is 9.13. The van der Waals surface area contributed by atoms with E-state index in [0.717, 1.165) is 12.1 Å². The molecule has 0 spiro atoms. The zero-order valence-electron chi connectivity index (χ0n) is 16.0. The lowest BCUT2D eigenvalue weighted by Crippen LogP contribution is -2.29. The molecular formula is C21H24N4O2. The van der Waals surface area contributed by atoms with Crippen LogP contribution in [0.5, 0.6) is 5.88 Å². The lowest BCUT2D eigenvalue weighted by atomic mass is 9.92. The molecule has 6 nitrogen and oxygen atoms in total. The summed E-state index contributed by atoms with van der Waals surface area (Å²) in [6.45, 7) is 8.16. The van der Waals surface area contributed by atoms with E-state index in [0.29, 0.717) is 36.7 Å². The minimum atomic E-state index is -0.0384. The fourth-order valence-corrected chi connectivity index (χ4v) is 3.02. The molecule has 6 heteroatoms. The van der Waals surface area contributed by atoms with Gasteiger partial charge < -0.3 is 9.64 Å². The summed E-state index contributed by atoms with van der Waals surface area (Å²) in [6, 6.07) is 12.6. The Kier molecular flexibility index (Phi) is 5.41. The Bertz CT molecular complexity index is 832. The van der Waals surface area contributed by atoms with Gasteiger partial charge in [0, 0.05) is 36.1 Å². The number of hydrogen-bond donors (Lipinski definition) is 0. The fraction of sp³-hybridized carbons (Fsp3) is 0.429. The van der Waals surface area contributed by atoms with Crippen LogP contribution in [0.1, 0.15) is 48.8 Å². The molecule has 3 rings (SSSR count). The Hall–Kier alpha value is -2.94. The van der Waals surface area contributed by atoms with E-state index in [-0.39, 0.29) is 17.2 Å². The van der Waals surface area contributed by atoms with Crippen LogP contribution in [-0.4, -0.2) is 40.7 Å². The van der Waals surface area contributed by atoms with Crippen LogP contribution in [0.25, 0.3) is 0 Å². The smallest absolute Gasteiger partial charge is 0.253 e. The Balaban J connectivity index is 1.52. The number of likely N-dealkylation sites (tertiary alicyclic amines) is 1. The minimum Gasteiger partial charge on any atom is -0.476 e. The van der Waals surface area contributed by atoms with Gasteiger partial charge in [0.2, 0.25) is 5.88 Å². The third kappa shape index (κ3) is 4.62. The predicted molar refractivity (Wildman–Crippen MR) is 101 cm³/mol. The van der Waals surface area contributed by atoms with Crippen molar-refractivity contribution in [1.82, 2.24) is 15.1 Å². The number of benzene rings is 1. The summed E-state index contributed by atoms with van der Waals surface area (Å²) in [5.74, 6) is 0.785. The molecule has 1 atom stereocenters. The van der Waals surface area contributed by atoms with E-state index in [1.165, 1.54) is 0 Å². The maximum Gasteiger partial charge on any atom is 0.253 e. The van der Waals surface area contributed by atoms with Crippen LogP contribution in [0.3, 0.4) is 0 Å². The van der Waals surface area contributed by atoms with Gasteiger partial charge in [-0.05, 0) is 36.8 Å². The van der Waals surface area contributed by atoms with Gasteiger partial charge in [-0.15, -0.1) is 5.10 Å². The van der Waals surface area contributed by atoms with Crippen LogP contribution in [0, 0.1) is 17.2 Å². The van der Waals surface area contributed by atoms with E-state index in [1.54, 1.807) is 24.3 Å². The monoisotopic (exact) mass is 364 g/mol. The quantitative estimate of drug-likeness (QED) is 0.832. The molecule has 0 bridgehead atoms. The van der Waals surface area contributed by atoms with Gasteiger partial charge in [-0.3, -0.25) is 4.79 Å². The van der Waals surface area contributed by atoms with Gasteiger partial charge in [0.05, 0.1) is 23.9 Å². The van der Waals surface area contributed by atoms with Crippen molar-refractivity contribution in [2.45, 2.75) is 32.6 Å². The first-order chi connectivity index (χ1) is 12.9. The van der Waals surface area contributed by atoms with E-state index in [4.69, 9.17) is 10.00 Å². The average Bonchev–Trinajstić information content (AvgIpc) is 3.14. The summed E-state index contributed by atoms with van der Waals surface area (Å²) in [6.07, 6.45) is 0.898. The molecule has 140 valence electrons. The van der Waals surface area contributed by atoms with Gasteiger partial charge in [-0.2, -0.15) is 10.4 Å². The van der Waals surface area contributed by atoms with Gasteiger partial charge in [-0.1, -0.05) is 20.8 Å². The molecule has 27 heavy (non-hydrogen) atoms. The van der Waals surface area contributed by atoms with Crippen LogP contribution in [0.4, 0.5) is 0 Å². The summed E-state index contributed by atoms with van der Waals surface area (Å²) >= 11 is 0. The number of nitriles is 1. The number of ether oxygens (including phenoxy) is 1. The van der Waals surface area contributed by atoms with Gasteiger partial charge in [0.1, 0.15) is 0 Å². The van der Waals surface area contributed by atoms with Crippen LogP contribution in [0.2, 0.25) is 0 Å². The molecule has 1 aliphatic rings. The summed E-state index contributed by atoms with van der Waals surface area (Å²) < 4.78 is 5.77. The number of aromatic nitrogens is 2. The van der Waals surface area contributed by atoms with E-state index < -0.39 is 0 Å². The molecule has 0 aliphatic carbocycles. The second kappa shape index (κ2) is 7.75. The first kappa shape index (κ1) is 18.8. The number of nitrogens with zero attached hydrogens (tertiary/aromatic N) is 4. The van der Waals surface area contributed by atoms with E-state index >= 15 is 0 Å². The van der Waals surface area contributed by atoms with Crippen molar-refractivity contribution in [2.75, 3.05) is 19.7 Å². The highest BCUT2D eigenvalue weighted by Crippen LogP contribution is 2.22. The molecule has 1 aliphatic heterocycles. The molecule has 2 heterocycles. The zero-order chi connectivity index (χ0) is 19.4. The normalized spacial score (nSPS) is 16.8. The van der Waals surface area contributed by atoms with Crippen molar-refractivity contribution in [2.24, 2.45) is 5.92 Å². The molecule has 0 saturated carbocycles. The molecule has 0 N–H and O–H groups in total. The standard InChI is InChI=1S/C21H24N4O2/c1-21(2,3)18-8-9-19(24-23-18)27-14-16-10-11-25(13-16)20(26)17-6-4-15(12-22)5-7-17/h4-9,16H,10-11,13-14H2,1-3H3. The second-order valence-electron chi connectivity index (χ2n) is 7.91. The number of carbonyl (C=O) groups is 1. The van der Waals surface area contributed by atoms with Gasteiger partial charge >= 0.3 is 0 Å². The molecule has 0 radical (unpaired) electrons. The van der Waals surface area contributed by atoms with Gasteiger partial charge in [-0.25, -0.2) is 0 Å². The van der Waals surface area contributed by atoms with Crippen molar-refractivity contribution in [1.29, 1.82) is 5.26 Å². The topological polar surface area (TPSA) is 79.1 Å². The highest BCUT2D eigenvalue weighted by Gasteiger charge is 2.27. The van der Waals surface area contributed by atoms with Crippen LogP contribution in [-0.2, 0) is 5.41 Å². The Morgan fingerprint density at radius 1 is 1.22 bits per heavy atom. The maximum atomic E-state index is 12.6. The molecule has 2 aromatic rings. The molecule has 1 aromatic carbocycles. The van der Waals surface area contributed by atoms with Crippen LogP contribution < -0.4 is 4.74 Å². The predicted octanol–water partition coefficient (Wildman–Crippen LogP) is 3.19. The fourth-order valence-electron chi connectivity index (χ4n) is 3.02. The molecule has 1 fully saturated rings. The highest BCUT2D eigenvalue weighted by atomic mass is 16.5. The van der Waals surface area contributed by atoms with Crippen molar-refractivity contribution in [3.05, 3.63) is 53.2 Å². The highest BCUT2D eigenvalue weighted by molar-refractivity contribution is 5.94. The maximum absolute atomic E-state index is 12.6.